The number of pyridine rings is 1. The number of aromatic nitrogens is 3. The minimum absolute atomic E-state index is 0.244. The summed E-state index contributed by atoms with van der Waals surface area (Å²) < 4.78 is 0. The molecule has 1 unspecified atom stereocenters. The first-order valence-electron chi connectivity index (χ1n) is 9.89. The molecule has 0 aromatic carbocycles. The lowest BCUT2D eigenvalue weighted by Gasteiger charge is -2.40. The van der Waals surface area contributed by atoms with E-state index in [2.05, 4.69) is 31.2 Å². The van der Waals surface area contributed by atoms with Gasteiger partial charge in [0.1, 0.15) is 11.9 Å². The number of amides is 1. The summed E-state index contributed by atoms with van der Waals surface area (Å²) in [5, 5.41) is 12.6. The van der Waals surface area contributed by atoms with Crippen molar-refractivity contribution in [2.24, 2.45) is 5.73 Å². The van der Waals surface area contributed by atoms with Crippen LogP contribution in [0.15, 0.2) is 24.7 Å². The predicted molar refractivity (Wildman–Crippen MR) is 108 cm³/mol. The molecule has 4 heterocycles. The number of fused-ring (bicyclic) bond motifs is 3. The molecule has 3 N–H and O–H groups in total. The minimum atomic E-state index is -0.462. The summed E-state index contributed by atoms with van der Waals surface area (Å²) in [6.45, 7) is 0. The molecular weight excluding hydrogens is 366 g/mol. The molecule has 2 fully saturated rings. The summed E-state index contributed by atoms with van der Waals surface area (Å²) >= 11 is 0. The highest BCUT2D eigenvalue weighted by atomic mass is 16.1. The van der Waals surface area contributed by atoms with Crippen molar-refractivity contribution in [1.29, 1.82) is 5.26 Å². The molecule has 146 valence electrons. The molecule has 1 amide bonds. The maximum absolute atomic E-state index is 12.0. The molecule has 8 heteroatoms. The van der Waals surface area contributed by atoms with Gasteiger partial charge < -0.3 is 16.0 Å². The summed E-state index contributed by atoms with van der Waals surface area (Å²) in [5.41, 5.74) is 9.16. The van der Waals surface area contributed by atoms with Gasteiger partial charge in [-0.15, -0.1) is 0 Å². The van der Waals surface area contributed by atoms with Crippen LogP contribution in [0.25, 0.3) is 6.08 Å². The van der Waals surface area contributed by atoms with Gasteiger partial charge in [0, 0.05) is 36.3 Å². The highest BCUT2D eigenvalue weighted by Crippen LogP contribution is 2.40. The highest BCUT2D eigenvalue weighted by molar-refractivity contribution is 6.00. The average Bonchev–Trinajstić information content (AvgIpc) is 3.31. The number of rotatable bonds is 4. The summed E-state index contributed by atoms with van der Waals surface area (Å²) in [7, 11) is 0. The zero-order valence-corrected chi connectivity index (χ0v) is 15.9. The Labute approximate surface area is 168 Å². The Kier molecular flexibility index (Phi) is 4.16. The first kappa shape index (κ1) is 17.6. The first-order chi connectivity index (χ1) is 14.1. The van der Waals surface area contributed by atoms with Gasteiger partial charge in [-0.3, -0.25) is 9.78 Å². The summed E-state index contributed by atoms with van der Waals surface area (Å²) in [5.74, 6) is 0.372. The lowest BCUT2D eigenvalue weighted by Crippen LogP contribution is -2.47. The zero-order valence-electron chi connectivity index (χ0n) is 15.9. The molecule has 3 aliphatic rings. The third-order valence-corrected chi connectivity index (χ3v) is 6.16. The fraction of sp³-hybridized carbons (Fsp3) is 0.381. The molecule has 2 saturated heterocycles. The largest absolute Gasteiger partial charge is 0.381 e. The molecule has 8 nitrogen and oxygen atoms in total. The second kappa shape index (κ2) is 6.85. The smallest absolute Gasteiger partial charge is 0.252 e. The van der Waals surface area contributed by atoms with Gasteiger partial charge in [0.15, 0.2) is 5.69 Å². The molecular formula is C21H21N7O. The van der Waals surface area contributed by atoms with Crippen molar-refractivity contribution in [2.75, 3.05) is 10.2 Å². The van der Waals surface area contributed by atoms with Crippen molar-refractivity contribution < 1.29 is 4.79 Å². The fourth-order valence-corrected chi connectivity index (χ4v) is 4.92. The second-order valence-electron chi connectivity index (χ2n) is 7.85. The monoisotopic (exact) mass is 387 g/mol. The topological polar surface area (TPSA) is 121 Å². The molecule has 2 aliphatic heterocycles. The molecule has 3 atom stereocenters. The van der Waals surface area contributed by atoms with Crippen molar-refractivity contribution in [3.05, 3.63) is 47.2 Å². The van der Waals surface area contributed by atoms with Gasteiger partial charge >= 0.3 is 0 Å². The number of nitrogens with zero attached hydrogens (tertiary/aromatic N) is 5. The number of carbonyl (C=O) groups excluding carboxylic acids is 1. The van der Waals surface area contributed by atoms with Gasteiger partial charge in [-0.2, -0.15) is 5.26 Å². The van der Waals surface area contributed by atoms with E-state index in [4.69, 9.17) is 11.0 Å². The van der Waals surface area contributed by atoms with Crippen LogP contribution in [-0.4, -0.2) is 39.0 Å². The molecule has 1 aliphatic carbocycles. The van der Waals surface area contributed by atoms with Crippen LogP contribution in [0, 0.1) is 11.3 Å². The number of anilines is 2. The quantitative estimate of drug-likeness (QED) is 0.823. The number of nitrogens with one attached hydrogen (secondary N) is 1. The van der Waals surface area contributed by atoms with Gasteiger partial charge in [0.05, 0.1) is 29.3 Å². The first-order valence-corrected chi connectivity index (χ1v) is 9.89. The fourth-order valence-electron chi connectivity index (χ4n) is 4.92. The standard InChI is InChI=1S/C21H21N7O/c22-8-13-9-26-19(11-24-13)28-14-4-5-15(28)7-12(6-14)27-20-16-2-1-3-18(16)25-10-17(20)21(23)29/h1-2,9-12,14-15H,3-7H2,(H2,23,29)(H,25,27)/t12?,14-,15+. The third kappa shape index (κ3) is 2.99. The number of nitriles is 1. The van der Waals surface area contributed by atoms with E-state index in [1.807, 2.05) is 12.1 Å². The average molecular weight is 387 g/mol. The van der Waals surface area contributed by atoms with Crippen LogP contribution in [0.1, 0.15) is 53.0 Å². The summed E-state index contributed by atoms with van der Waals surface area (Å²) in [6.07, 6.45) is 13.8. The van der Waals surface area contributed by atoms with E-state index in [9.17, 15) is 4.79 Å². The number of carbonyl (C=O) groups is 1. The van der Waals surface area contributed by atoms with E-state index >= 15 is 0 Å². The number of nitrogens with two attached hydrogens (primary N) is 1. The predicted octanol–water partition coefficient (Wildman–Crippen LogP) is 2.02. The van der Waals surface area contributed by atoms with E-state index in [1.54, 1.807) is 12.4 Å². The van der Waals surface area contributed by atoms with Crippen molar-refractivity contribution in [1.82, 2.24) is 15.0 Å². The van der Waals surface area contributed by atoms with Gasteiger partial charge in [-0.05, 0) is 25.7 Å². The van der Waals surface area contributed by atoms with Crippen molar-refractivity contribution in [2.45, 2.75) is 50.2 Å². The molecule has 2 aromatic heterocycles. The molecule has 29 heavy (non-hydrogen) atoms. The Morgan fingerprint density at radius 2 is 1.97 bits per heavy atom. The van der Waals surface area contributed by atoms with Crippen molar-refractivity contribution in [3.63, 3.8) is 0 Å². The lowest BCUT2D eigenvalue weighted by atomic mass is 9.96. The Balaban J connectivity index is 1.39. The van der Waals surface area contributed by atoms with Gasteiger partial charge in [-0.25, -0.2) is 9.97 Å². The molecule has 0 saturated carbocycles. The Bertz CT molecular complexity index is 1030. The van der Waals surface area contributed by atoms with E-state index < -0.39 is 5.91 Å². The SMILES string of the molecule is N#Cc1cnc(N2[C@@H]3CC[C@H]2CC(Nc2c(C(N)=O)cnc4c2C=CC4)C3)cn1. The molecule has 0 spiro atoms. The zero-order chi connectivity index (χ0) is 20.0. The normalized spacial score (nSPS) is 24.2. The summed E-state index contributed by atoms with van der Waals surface area (Å²) in [4.78, 5) is 27.3. The number of piperidine rings is 1. The number of primary amides is 1. The second-order valence-corrected chi connectivity index (χ2v) is 7.85. The van der Waals surface area contributed by atoms with Gasteiger partial charge in [-0.1, -0.05) is 12.2 Å². The van der Waals surface area contributed by atoms with E-state index in [0.29, 0.717) is 23.3 Å². The van der Waals surface area contributed by atoms with Crippen LogP contribution in [0.3, 0.4) is 0 Å². The Hall–Kier alpha value is -3.47. The molecule has 2 aromatic rings. The van der Waals surface area contributed by atoms with E-state index in [-0.39, 0.29) is 6.04 Å². The molecule has 2 bridgehead atoms. The van der Waals surface area contributed by atoms with Gasteiger partial charge in [0.2, 0.25) is 0 Å². The van der Waals surface area contributed by atoms with E-state index in [0.717, 1.165) is 54.9 Å². The summed E-state index contributed by atoms with van der Waals surface area (Å²) in [6, 6.07) is 2.97. The van der Waals surface area contributed by atoms with Crippen LogP contribution >= 0.6 is 0 Å². The lowest BCUT2D eigenvalue weighted by molar-refractivity contribution is 0.100. The number of hydrogen-bond acceptors (Lipinski definition) is 7. The third-order valence-electron chi connectivity index (χ3n) is 6.16. The maximum atomic E-state index is 12.0. The number of allylic oxidation sites excluding steroid dienone is 1. The number of hydrogen-bond donors (Lipinski definition) is 2. The van der Waals surface area contributed by atoms with E-state index in [1.165, 1.54) is 6.20 Å². The van der Waals surface area contributed by atoms with Gasteiger partial charge in [0.25, 0.3) is 5.91 Å². The van der Waals surface area contributed by atoms with Crippen LogP contribution < -0.4 is 16.0 Å². The van der Waals surface area contributed by atoms with Crippen molar-refractivity contribution >= 4 is 23.5 Å². The molecule has 5 rings (SSSR count). The Morgan fingerprint density at radius 3 is 2.62 bits per heavy atom. The molecule has 0 radical (unpaired) electrons. The maximum Gasteiger partial charge on any atom is 0.252 e. The van der Waals surface area contributed by atoms with Crippen LogP contribution in [-0.2, 0) is 6.42 Å². The van der Waals surface area contributed by atoms with Crippen LogP contribution in [0.4, 0.5) is 11.5 Å². The van der Waals surface area contributed by atoms with Crippen LogP contribution in [0.2, 0.25) is 0 Å². The highest BCUT2D eigenvalue weighted by Gasteiger charge is 2.42. The van der Waals surface area contributed by atoms with Crippen LogP contribution in [0.5, 0.6) is 0 Å². The minimum Gasteiger partial charge on any atom is -0.381 e. The Morgan fingerprint density at radius 1 is 1.17 bits per heavy atom. The van der Waals surface area contributed by atoms with Crippen molar-refractivity contribution in [3.8, 4) is 6.07 Å².